The van der Waals surface area contributed by atoms with Gasteiger partial charge in [0.1, 0.15) is 17.6 Å². The maximum Gasteiger partial charge on any atom is 0.432 e. The molecule has 2 aliphatic heterocycles. The maximum atomic E-state index is 13.2. The average Bonchev–Trinajstić information content (AvgIpc) is 2.73. The fraction of sp³-hybridized carbons (Fsp3) is 0.579. The topological polar surface area (TPSA) is 63.6 Å². The largest absolute Gasteiger partial charge is 0.448 e. The van der Waals surface area contributed by atoms with Crippen molar-refractivity contribution in [3.63, 3.8) is 0 Å². The van der Waals surface area contributed by atoms with E-state index in [1.807, 2.05) is 4.90 Å². The van der Waals surface area contributed by atoms with Crippen LogP contribution in [0.5, 0.6) is 0 Å². The lowest BCUT2D eigenvalue weighted by Crippen LogP contribution is -2.64. The number of hydrazone groups is 1. The quantitative estimate of drug-likeness (QED) is 0.661. The lowest BCUT2D eigenvalue weighted by atomic mass is 9.97. The molecule has 30 heavy (non-hydrogen) atoms. The van der Waals surface area contributed by atoms with Crippen LogP contribution < -0.4 is 0 Å². The van der Waals surface area contributed by atoms with Gasteiger partial charge in [0.05, 0.1) is 31.1 Å². The molecule has 1 amide bonds. The van der Waals surface area contributed by atoms with Crippen LogP contribution in [0.15, 0.2) is 29.4 Å². The molecule has 1 aromatic carbocycles. The molecule has 166 valence electrons. The van der Waals surface area contributed by atoms with Gasteiger partial charge in [-0.25, -0.2) is 4.79 Å². The van der Waals surface area contributed by atoms with Gasteiger partial charge < -0.3 is 14.2 Å². The molecule has 0 N–H and O–H groups in total. The summed E-state index contributed by atoms with van der Waals surface area (Å²) in [6.07, 6.45) is -6.69. The monoisotopic (exact) mass is 449 g/mol. The molecular formula is C19H23ClF3N3O4. The van der Waals surface area contributed by atoms with Gasteiger partial charge in [0, 0.05) is 20.2 Å². The molecule has 1 aromatic rings. The Morgan fingerprint density at radius 3 is 2.63 bits per heavy atom. The minimum absolute atomic E-state index is 0.104. The number of carbonyl (C=O) groups is 1. The Bertz CT molecular complexity index is 787. The van der Waals surface area contributed by atoms with Gasteiger partial charge in [-0.1, -0.05) is 12.1 Å². The number of halogens is 4. The van der Waals surface area contributed by atoms with E-state index in [1.54, 1.807) is 6.92 Å². The van der Waals surface area contributed by atoms with Gasteiger partial charge in [-0.15, -0.1) is 11.6 Å². The fourth-order valence-electron chi connectivity index (χ4n) is 3.53. The predicted molar refractivity (Wildman–Crippen MR) is 103 cm³/mol. The van der Waals surface area contributed by atoms with Crippen molar-refractivity contribution in [1.29, 1.82) is 0 Å². The molecule has 7 nitrogen and oxygen atoms in total. The zero-order valence-electron chi connectivity index (χ0n) is 16.6. The van der Waals surface area contributed by atoms with Crippen LogP contribution >= 0.6 is 11.6 Å². The second kappa shape index (κ2) is 9.51. The van der Waals surface area contributed by atoms with Gasteiger partial charge in [-0.2, -0.15) is 23.3 Å². The SMILES string of the molecule is CCOC(=O)N1N=C(c2cccc(C(F)(F)F)c2)[C@H](Cl)[C@H](OC)[C@@H]1N1CCOCC1. The summed E-state index contributed by atoms with van der Waals surface area (Å²) in [7, 11) is 1.44. The minimum atomic E-state index is -4.52. The van der Waals surface area contributed by atoms with Crippen LogP contribution in [0.1, 0.15) is 18.1 Å². The van der Waals surface area contributed by atoms with E-state index in [2.05, 4.69) is 5.10 Å². The molecule has 1 fully saturated rings. The Labute approximate surface area is 177 Å². The summed E-state index contributed by atoms with van der Waals surface area (Å²) >= 11 is 6.64. The Balaban J connectivity index is 2.06. The van der Waals surface area contributed by atoms with E-state index >= 15 is 0 Å². The molecule has 2 aliphatic rings. The molecule has 0 saturated carbocycles. The lowest BCUT2D eigenvalue weighted by molar-refractivity contribution is -0.137. The van der Waals surface area contributed by atoms with Crippen molar-refractivity contribution in [2.75, 3.05) is 40.0 Å². The van der Waals surface area contributed by atoms with Gasteiger partial charge in [0.25, 0.3) is 0 Å². The molecule has 11 heteroatoms. The summed E-state index contributed by atoms with van der Waals surface area (Å²) in [5.41, 5.74) is -0.577. The molecule has 2 heterocycles. The van der Waals surface area contributed by atoms with Crippen LogP contribution in [0.3, 0.4) is 0 Å². The third kappa shape index (κ3) is 4.72. The Hall–Kier alpha value is -1.88. The molecule has 0 aromatic heterocycles. The Morgan fingerprint density at radius 1 is 1.33 bits per heavy atom. The van der Waals surface area contributed by atoms with Crippen LogP contribution in [0.25, 0.3) is 0 Å². The van der Waals surface area contributed by atoms with Crippen molar-refractivity contribution >= 4 is 23.4 Å². The highest BCUT2D eigenvalue weighted by Crippen LogP contribution is 2.33. The van der Waals surface area contributed by atoms with Crippen molar-refractivity contribution in [3.05, 3.63) is 35.4 Å². The molecule has 0 aliphatic carbocycles. The van der Waals surface area contributed by atoms with Crippen molar-refractivity contribution in [1.82, 2.24) is 9.91 Å². The summed E-state index contributed by atoms with van der Waals surface area (Å²) in [5.74, 6) is 0. The zero-order chi connectivity index (χ0) is 21.9. The van der Waals surface area contributed by atoms with Crippen molar-refractivity contribution in [2.45, 2.75) is 30.7 Å². The Kier molecular flexibility index (Phi) is 7.22. The smallest absolute Gasteiger partial charge is 0.432 e. The summed E-state index contributed by atoms with van der Waals surface area (Å²) in [5, 5.41) is 4.56. The van der Waals surface area contributed by atoms with Gasteiger partial charge in [0.15, 0.2) is 0 Å². The van der Waals surface area contributed by atoms with Crippen molar-refractivity contribution in [2.24, 2.45) is 5.10 Å². The number of nitrogens with zero attached hydrogens (tertiary/aromatic N) is 3. The first-order valence-electron chi connectivity index (χ1n) is 9.48. The van der Waals surface area contributed by atoms with Gasteiger partial charge >= 0.3 is 12.3 Å². The molecule has 0 unspecified atom stereocenters. The Morgan fingerprint density at radius 2 is 2.03 bits per heavy atom. The number of rotatable bonds is 4. The third-order valence-electron chi connectivity index (χ3n) is 4.94. The highest BCUT2D eigenvalue weighted by atomic mass is 35.5. The van der Waals surface area contributed by atoms with E-state index in [0.29, 0.717) is 26.3 Å². The summed E-state index contributed by atoms with van der Waals surface area (Å²) in [4.78, 5) is 14.6. The highest BCUT2D eigenvalue weighted by Gasteiger charge is 2.47. The van der Waals surface area contributed by atoms with Crippen molar-refractivity contribution in [3.8, 4) is 0 Å². The van der Waals surface area contributed by atoms with E-state index < -0.39 is 35.5 Å². The molecule has 3 atom stereocenters. The predicted octanol–water partition coefficient (Wildman–Crippen LogP) is 3.16. The number of amides is 1. The van der Waals surface area contributed by atoms with E-state index in [-0.39, 0.29) is 17.9 Å². The normalized spacial score (nSPS) is 25.7. The first-order valence-corrected chi connectivity index (χ1v) is 9.92. The number of hydrogen-bond acceptors (Lipinski definition) is 6. The molecule has 1 saturated heterocycles. The first kappa shape index (κ1) is 22.8. The zero-order valence-corrected chi connectivity index (χ0v) is 17.3. The third-order valence-corrected chi connectivity index (χ3v) is 5.40. The second-order valence-electron chi connectivity index (χ2n) is 6.77. The molecule has 0 bridgehead atoms. The average molecular weight is 450 g/mol. The van der Waals surface area contributed by atoms with E-state index in [0.717, 1.165) is 17.1 Å². The maximum absolute atomic E-state index is 13.2. The number of methoxy groups -OCH3 is 1. The highest BCUT2D eigenvalue weighted by molar-refractivity contribution is 6.36. The van der Waals surface area contributed by atoms with E-state index in [9.17, 15) is 18.0 Å². The molecule has 3 rings (SSSR count). The number of alkyl halides is 4. The fourth-order valence-corrected chi connectivity index (χ4v) is 3.93. The molecule has 0 spiro atoms. The number of morpholine rings is 1. The number of benzene rings is 1. The lowest BCUT2D eigenvalue weighted by Gasteiger charge is -2.45. The van der Waals surface area contributed by atoms with Crippen LogP contribution in [0, 0.1) is 0 Å². The van der Waals surface area contributed by atoms with Crippen LogP contribution in [-0.2, 0) is 20.4 Å². The number of hydrogen-bond donors (Lipinski definition) is 0. The van der Waals surface area contributed by atoms with Crippen LogP contribution in [0.2, 0.25) is 0 Å². The standard InChI is InChI=1S/C19H23ClF3N3O4/c1-3-30-18(27)26-17(25-7-9-29-10-8-25)16(28-2)14(20)15(24-26)12-5-4-6-13(11-12)19(21,22)23/h4-6,11,14,16-17H,3,7-10H2,1-2H3/t14-,16-,17+/m0/s1. The van der Waals surface area contributed by atoms with E-state index in [1.165, 1.54) is 19.2 Å². The van der Waals surface area contributed by atoms with Gasteiger partial charge in [0.2, 0.25) is 0 Å². The molecular weight excluding hydrogens is 427 g/mol. The number of ether oxygens (including phenoxy) is 3. The second-order valence-corrected chi connectivity index (χ2v) is 7.24. The summed E-state index contributed by atoms with van der Waals surface area (Å²) < 4.78 is 55.7. The van der Waals surface area contributed by atoms with Gasteiger partial charge in [-0.05, 0) is 24.6 Å². The summed E-state index contributed by atoms with van der Waals surface area (Å²) in [6.45, 7) is 3.71. The van der Waals surface area contributed by atoms with Crippen LogP contribution in [0.4, 0.5) is 18.0 Å². The van der Waals surface area contributed by atoms with Crippen LogP contribution in [-0.4, -0.2) is 79.4 Å². The number of carbonyl (C=O) groups excluding carboxylic acids is 1. The minimum Gasteiger partial charge on any atom is -0.448 e. The van der Waals surface area contributed by atoms with E-state index in [4.69, 9.17) is 25.8 Å². The van der Waals surface area contributed by atoms with Gasteiger partial charge in [-0.3, -0.25) is 4.90 Å². The summed E-state index contributed by atoms with van der Waals surface area (Å²) in [6, 6.07) is 4.66. The van der Waals surface area contributed by atoms with Crippen molar-refractivity contribution < 1.29 is 32.2 Å². The first-order chi connectivity index (χ1) is 14.3. The molecule has 0 radical (unpaired) electrons.